The number of Topliss-reactive ketones (excluding diaryl/α,β-unsaturated/α-hetero) is 2. The first kappa shape index (κ1) is 54.3. The zero-order valence-electron chi connectivity index (χ0n) is 38.4. The Morgan fingerprint density at radius 3 is 1.73 bits per heavy atom. The van der Waals surface area contributed by atoms with Crippen molar-refractivity contribution in [2.24, 2.45) is 17.8 Å². The molecule has 3 heterocycles. The summed E-state index contributed by atoms with van der Waals surface area (Å²) in [7, 11) is 0. The zero-order chi connectivity index (χ0) is 49.2. The Labute approximate surface area is 394 Å². The molecule has 3 aliphatic rings. The minimum atomic E-state index is -1.16. The maximum Gasteiger partial charge on any atom is 0.317 e. The summed E-state index contributed by atoms with van der Waals surface area (Å²) in [4.78, 5) is 134. The summed E-state index contributed by atoms with van der Waals surface area (Å²) in [6.07, 6.45) is 2.84. The first-order valence-corrected chi connectivity index (χ1v) is 24.1. The number of nitrogens with zero attached hydrogens (tertiary/aromatic N) is 6. The van der Waals surface area contributed by atoms with Gasteiger partial charge in [-0.1, -0.05) is 25.5 Å². The minimum Gasteiger partial charge on any atom is -0.481 e. The fourth-order valence-corrected chi connectivity index (χ4v) is 9.00. The Morgan fingerprint density at radius 2 is 1.24 bits per heavy atom. The highest BCUT2D eigenvalue weighted by atomic mass is 32.2. The van der Waals surface area contributed by atoms with Gasteiger partial charge in [-0.3, -0.25) is 72.4 Å². The van der Waals surface area contributed by atoms with Crippen molar-refractivity contribution in [3.63, 3.8) is 0 Å². The van der Waals surface area contributed by atoms with Crippen LogP contribution in [0.4, 0.5) is 0 Å². The average Bonchev–Trinajstić information content (AvgIpc) is 3.80. The normalized spacial score (nSPS) is 19.0. The van der Waals surface area contributed by atoms with E-state index in [1.807, 2.05) is 11.2 Å². The molecule has 2 fully saturated rings. The Bertz CT molecular complexity index is 1950. The van der Waals surface area contributed by atoms with E-state index < -0.39 is 53.9 Å². The molecule has 1 aromatic carbocycles. The van der Waals surface area contributed by atoms with Crippen molar-refractivity contribution in [2.45, 2.75) is 65.0 Å². The van der Waals surface area contributed by atoms with E-state index in [0.717, 1.165) is 11.1 Å². The lowest BCUT2D eigenvalue weighted by Crippen LogP contribution is -2.49. The molecule has 0 aliphatic carbocycles. The molecule has 3 atom stereocenters. The van der Waals surface area contributed by atoms with Crippen LogP contribution in [0.1, 0.15) is 73.4 Å². The van der Waals surface area contributed by atoms with E-state index in [1.54, 1.807) is 44.7 Å². The number of imide groups is 1. The van der Waals surface area contributed by atoms with Crippen LogP contribution in [0.2, 0.25) is 0 Å². The fourth-order valence-electron chi connectivity index (χ4n) is 8.48. The molecule has 0 spiro atoms. The molecule has 0 radical (unpaired) electrons. The summed E-state index contributed by atoms with van der Waals surface area (Å²) in [5.74, 6) is -7.92. The summed E-state index contributed by atoms with van der Waals surface area (Å²) >= 11 is 1.49. The van der Waals surface area contributed by atoms with Gasteiger partial charge in [-0.15, -0.1) is 0 Å². The molecule has 4 amide bonds. The number of hydrogen-bond acceptors (Lipinski definition) is 15. The smallest absolute Gasteiger partial charge is 0.317 e. The van der Waals surface area contributed by atoms with Crippen LogP contribution in [-0.2, 0) is 56.2 Å². The SMILES string of the molecule is CSCC[C@H](CC(=O)c1ccc2c(c1)CN(C(=O)CN1CCN(CC(=O)O)CCN(CC(=O)O)CCN(CC(=O)O)CC1)C2)C(=O)NCC(=O)C[C@@H](CCCCN1C(=O)CC(C)C1=O)C(=O)O. The highest BCUT2D eigenvalue weighted by molar-refractivity contribution is 7.98. The predicted molar refractivity (Wildman–Crippen MR) is 243 cm³/mol. The van der Waals surface area contributed by atoms with Crippen molar-refractivity contribution in [3.05, 3.63) is 34.9 Å². The molecule has 1 unspecified atom stereocenters. The van der Waals surface area contributed by atoms with Crippen LogP contribution in [0.25, 0.3) is 0 Å². The van der Waals surface area contributed by atoms with Crippen LogP contribution >= 0.6 is 11.8 Å². The molecule has 5 N–H and O–H groups in total. The quantitative estimate of drug-likeness (QED) is 0.0500. The van der Waals surface area contributed by atoms with E-state index in [9.17, 15) is 68.4 Å². The Kier molecular flexibility index (Phi) is 21.8. The summed E-state index contributed by atoms with van der Waals surface area (Å²) in [5, 5.41) is 40.9. The van der Waals surface area contributed by atoms with Crippen molar-refractivity contribution in [3.8, 4) is 0 Å². The summed E-state index contributed by atoms with van der Waals surface area (Å²) < 4.78 is 0. The van der Waals surface area contributed by atoms with Gasteiger partial charge in [-0.25, -0.2) is 0 Å². The molecule has 0 aromatic heterocycles. The standard InChI is InChI=1S/C45H65N7O14S/c1-30-19-38(55)52(44(30)64)9-4-3-5-33(45(65)66)21-36(53)23-46-43(63)32(8-18-67-2)22-37(54)31-6-7-34-24-51(25-35(34)20-31)39(56)26-47-10-12-48(27-40(57)58)14-16-50(29-42(61)62)17-15-49(13-11-47)28-41(59)60/h6-7,20,30,32-33H,3-5,8-19,21-29H2,1-2H3,(H,46,63)(H,57,58)(H,59,60)(H,61,62)(H,65,66)/t30?,32-,33-/m1/s1. The van der Waals surface area contributed by atoms with Gasteiger partial charge >= 0.3 is 23.9 Å². The average molecular weight is 960 g/mol. The van der Waals surface area contributed by atoms with Gasteiger partial charge in [0.1, 0.15) is 0 Å². The summed E-state index contributed by atoms with van der Waals surface area (Å²) in [5.41, 5.74) is 1.95. The number of carbonyl (C=O) groups excluding carboxylic acids is 6. The number of fused-ring (bicyclic) bond motifs is 1. The number of carboxylic acid groups (broad SMARTS) is 4. The second-order valence-electron chi connectivity index (χ2n) is 17.6. The number of rotatable bonds is 25. The first-order chi connectivity index (χ1) is 31.8. The third-order valence-electron chi connectivity index (χ3n) is 12.4. The maximum atomic E-state index is 13.8. The van der Waals surface area contributed by atoms with E-state index in [4.69, 9.17) is 0 Å². The number of hydrogen-bond donors (Lipinski definition) is 5. The van der Waals surface area contributed by atoms with Crippen molar-refractivity contribution in [1.29, 1.82) is 0 Å². The number of ketones is 2. The second kappa shape index (κ2) is 26.9. The predicted octanol–water partition coefficient (Wildman–Crippen LogP) is 0.288. The van der Waals surface area contributed by atoms with Crippen molar-refractivity contribution in [1.82, 2.24) is 34.7 Å². The number of thioether (sulfide) groups is 1. The van der Waals surface area contributed by atoms with Crippen molar-refractivity contribution >= 4 is 70.8 Å². The molecule has 67 heavy (non-hydrogen) atoms. The molecule has 21 nitrogen and oxygen atoms in total. The van der Waals surface area contributed by atoms with Gasteiger partial charge in [-0.05, 0) is 48.5 Å². The number of likely N-dealkylation sites (tertiary alicyclic amines) is 1. The van der Waals surface area contributed by atoms with E-state index in [0.29, 0.717) is 30.6 Å². The molecule has 370 valence electrons. The fraction of sp³-hybridized carbons (Fsp3) is 0.644. The summed E-state index contributed by atoms with van der Waals surface area (Å²) in [6, 6.07) is 5.13. The third-order valence-corrected chi connectivity index (χ3v) is 13.0. The van der Waals surface area contributed by atoms with Gasteiger partial charge in [0.2, 0.25) is 23.6 Å². The largest absolute Gasteiger partial charge is 0.481 e. The molecule has 4 rings (SSSR count). The second-order valence-corrected chi connectivity index (χ2v) is 18.6. The van der Waals surface area contributed by atoms with E-state index in [-0.39, 0.29) is 153 Å². The van der Waals surface area contributed by atoms with Crippen LogP contribution < -0.4 is 5.32 Å². The number of amides is 4. The topological polar surface area (TPSA) is 283 Å². The van der Waals surface area contributed by atoms with Crippen molar-refractivity contribution in [2.75, 3.05) is 104 Å². The summed E-state index contributed by atoms with van der Waals surface area (Å²) in [6.45, 7) is 3.16. The van der Waals surface area contributed by atoms with Crippen LogP contribution in [0, 0.1) is 17.8 Å². The van der Waals surface area contributed by atoms with Gasteiger partial charge in [0, 0.05) is 109 Å². The van der Waals surface area contributed by atoms with Crippen LogP contribution in [0.3, 0.4) is 0 Å². The number of nitrogens with one attached hydrogen (secondary N) is 1. The highest BCUT2D eigenvalue weighted by Gasteiger charge is 2.35. The molecular formula is C45H65N7O14S. The number of benzene rings is 1. The van der Waals surface area contributed by atoms with Gasteiger partial charge < -0.3 is 30.6 Å². The number of carbonyl (C=O) groups is 10. The maximum absolute atomic E-state index is 13.8. The highest BCUT2D eigenvalue weighted by Crippen LogP contribution is 2.26. The number of aliphatic carboxylic acids is 4. The van der Waals surface area contributed by atoms with Gasteiger partial charge in [0.05, 0.1) is 38.6 Å². The Hall–Kier alpha value is -5.29. The molecule has 0 saturated carbocycles. The van der Waals surface area contributed by atoms with E-state index >= 15 is 0 Å². The molecule has 1 aromatic rings. The molecular weight excluding hydrogens is 895 g/mol. The van der Waals surface area contributed by atoms with E-state index in [1.165, 1.54) is 16.7 Å². The zero-order valence-corrected chi connectivity index (χ0v) is 39.2. The van der Waals surface area contributed by atoms with Gasteiger partial charge in [0.15, 0.2) is 11.6 Å². The van der Waals surface area contributed by atoms with Gasteiger partial charge in [0.25, 0.3) is 0 Å². The number of unbranched alkanes of at least 4 members (excludes halogenated alkanes) is 1. The lowest BCUT2D eigenvalue weighted by atomic mass is 9.93. The van der Waals surface area contributed by atoms with Crippen LogP contribution in [-0.4, -0.2) is 213 Å². The first-order valence-electron chi connectivity index (χ1n) is 22.7. The molecule has 3 aliphatic heterocycles. The van der Waals surface area contributed by atoms with Gasteiger partial charge in [-0.2, -0.15) is 11.8 Å². The Morgan fingerprint density at radius 1 is 0.701 bits per heavy atom. The third kappa shape index (κ3) is 18.0. The van der Waals surface area contributed by atoms with Crippen LogP contribution in [0.15, 0.2) is 18.2 Å². The number of carboxylic acids is 4. The minimum absolute atomic E-state index is 0.0386. The monoisotopic (exact) mass is 959 g/mol. The Balaban J connectivity index is 1.32. The molecule has 2 saturated heterocycles. The lowest BCUT2D eigenvalue weighted by Gasteiger charge is -2.33. The van der Waals surface area contributed by atoms with E-state index in [2.05, 4.69) is 5.32 Å². The van der Waals surface area contributed by atoms with Crippen LogP contribution in [0.5, 0.6) is 0 Å². The van der Waals surface area contributed by atoms with Crippen molar-refractivity contribution < 1.29 is 68.4 Å². The molecule has 0 bridgehead atoms. The lowest BCUT2D eigenvalue weighted by molar-refractivity contribution is -0.144. The molecule has 22 heteroatoms.